The van der Waals surface area contributed by atoms with Gasteiger partial charge in [0.25, 0.3) is 0 Å². The van der Waals surface area contributed by atoms with Crippen molar-refractivity contribution in [3.63, 3.8) is 0 Å². The predicted molar refractivity (Wildman–Crippen MR) is 70.3 cm³/mol. The Labute approximate surface area is 105 Å². The molecule has 0 spiro atoms. The van der Waals surface area contributed by atoms with E-state index in [0.29, 0.717) is 0 Å². The summed E-state index contributed by atoms with van der Waals surface area (Å²) in [6, 6.07) is 0. The first kappa shape index (κ1) is 13.3. The zero-order valence-corrected chi connectivity index (χ0v) is 11.5. The Morgan fingerprint density at radius 3 is 2.76 bits per heavy atom. The molecule has 0 aromatic rings. The average Bonchev–Trinajstić information content (AvgIpc) is 2.61. The molecule has 2 rings (SSSR count). The van der Waals surface area contributed by atoms with Crippen molar-refractivity contribution in [3.05, 3.63) is 0 Å². The molecule has 4 nitrogen and oxygen atoms in total. The maximum atomic E-state index is 5.91. The van der Waals surface area contributed by atoms with Crippen molar-refractivity contribution in [2.24, 2.45) is 5.92 Å². The van der Waals surface area contributed by atoms with Crippen molar-refractivity contribution >= 4 is 0 Å². The Morgan fingerprint density at radius 1 is 1.47 bits per heavy atom. The summed E-state index contributed by atoms with van der Waals surface area (Å²) in [6.45, 7) is 9.84. The van der Waals surface area contributed by atoms with Gasteiger partial charge < -0.3 is 19.9 Å². The topological polar surface area (TPSA) is 27.7 Å². The van der Waals surface area contributed by atoms with E-state index < -0.39 is 0 Å². The third-order valence-electron chi connectivity index (χ3n) is 3.98. The highest BCUT2D eigenvalue weighted by Crippen LogP contribution is 2.16. The lowest BCUT2D eigenvalue weighted by Gasteiger charge is -2.39. The van der Waals surface area contributed by atoms with Crippen LogP contribution in [-0.2, 0) is 4.74 Å². The molecule has 1 atom stereocenters. The summed E-state index contributed by atoms with van der Waals surface area (Å²) in [5.41, 5.74) is 0.106. The zero-order valence-electron chi connectivity index (χ0n) is 11.5. The van der Waals surface area contributed by atoms with E-state index in [-0.39, 0.29) is 5.60 Å². The maximum Gasteiger partial charge on any atom is 0.0902 e. The first-order valence-electron chi connectivity index (χ1n) is 6.79. The molecule has 0 saturated carbocycles. The molecule has 2 fully saturated rings. The summed E-state index contributed by atoms with van der Waals surface area (Å²) in [5, 5.41) is 3.26. The van der Waals surface area contributed by atoms with Gasteiger partial charge in [-0.15, -0.1) is 0 Å². The molecule has 100 valence electrons. The van der Waals surface area contributed by atoms with E-state index in [1.807, 2.05) is 0 Å². The molecule has 1 N–H and O–H groups in total. The SMILES string of the molecule is CN(CCOC1(C)CNC1)CC1CCN(C)C1. The Bertz CT molecular complexity index is 243. The molecular weight excluding hydrogens is 214 g/mol. The highest BCUT2D eigenvalue weighted by Gasteiger charge is 2.32. The summed E-state index contributed by atoms with van der Waals surface area (Å²) >= 11 is 0. The second-order valence-electron chi connectivity index (χ2n) is 6.08. The third-order valence-corrected chi connectivity index (χ3v) is 3.98. The van der Waals surface area contributed by atoms with Crippen LogP contribution in [0.5, 0.6) is 0 Å². The van der Waals surface area contributed by atoms with Gasteiger partial charge in [-0.1, -0.05) is 0 Å². The molecule has 17 heavy (non-hydrogen) atoms. The molecule has 2 saturated heterocycles. The van der Waals surface area contributed by atoms with Gasteiger partial charge in [-0.2, -0.15) is 0 Å². The summed E-state index contributed by atoms with van der Waals surface area (Å²) in [6.07, 6.45) is 1.35. The second kappa shape index (κ2) is 5.65. The van der Waals surface area contributed by atoms with Gasteiger partial charge in [0, 0.05) is 32.7 Å². The predicted octanol–water partition coefficient (Wildman–Crippen LogP) is 0.248. The molecule has 2 aliphatic heterocycles. The Kier molecular flexibility index (Phi) is 4.42. The van der Waals surface area contributed by atoms with Gasteiger partial charge in [-0.3, -0.25) is 0 Å². The van der Waals surface area contributed by atoms with E-state index in [9.17, 15) is 0 Å². The third kappa shape index (κ3) is 3.91. The number of nitrogens with one attached hydrogen (secondary N) is 1. The van der Waals surface area contributed by atoms with E-state index in [1.165, 1.54) is 26.1 Å². The minimum Gasteiger partial charge on any atom is -0.371 e. The highest BCUT2D eigenvalue weighted by atomic mass is 16.5. The zero-order chi connectivity index (χ0) is 12.3. The van der Waals surface area contributed by atoms with Gasteiger partial charge in [0.2, 0.25) is 0 Å². The van der Waals surface area contributed by atoms with E-state index in [0.717, 1.165) is 32.2 Å². The molecule has 0 aromatic carbocycles. The Hall–Kier alpha value is -0.160. The number of ether oxygens (including phenoxy) is 1. The van der Waals surface area contributed by atoms with Crippen LogP contribution in [0.15, 0.2) is 0 Å². The fourth-order valence-corrected chi connectivity index (χ4v) is 2.73. The van der Waals surface area contributed by atoms with Crippen LogP contribution in [0.25, 0.3) is 0 Å². The fourth-order valence-electron chi connectivity index (χ4n) is 2.73. The van der Waals surface area contributed by atoms with Gasteiger partial charge in [0.1, 0.15) is 0 Å². The van der Waals surface area contributed by atoms with Gasteiger partial charge in [0.05, 0.1) is 12.2 Å². The molecule has 0 aliphatic carbocycles. The summed E-state index contributed by atoms with van der Waals surface area (Å²) < 4.78 is 5.91. The first-order valence-corrected chi connectivity index (χ1v) is 6.79. The first-order chi connectivity index (χ1) is 8.07. The lowest BCUT2D eigenvalue weighted by atomic mass is 10.0. The lowest BCUT2D eigenvalue weighted by molar-refractivity contribution is -0.0713. The molecule has 4 heteroatoms. The molecule has 2 aliphatic rings. The molecule has 2 heterocycles. The van der Waals surface area contributed by atoms with Crippen LogP contribution < -0.4 is 5.32 Å². The number of hydrogen-bond acceptors (Lipinski definition) is 4. The average molecular weight is 241 g/mol. The van der Waals surface area contributed by atoms with Crippen LogP contribution >= 0.6 is 0 Å². The molecule has 0 aromatic heterocycles. The lowest BCUT2D eigenvalue weighted by Crippen LogP contribution is -2.59. The van der Waals surface area contributed by atoms with Crippen LogP contribution in [0.3, 0.4) is 0 Å². The van der Waals surface area contributed by atoms with Gasteiger partial charge in [-0.25, -0.2) is 0 Å². The van der Waals surface area contributed by atoms with Crippen LogP contribution in [0.2, 0.25) is 0 Å². The monoisotopic (exact) mass is 241 g/mol. The number of likely N-dealkylation sites (tertiary alicyclic amines) is 1. The molecule has 0 amide bonds. The van der Waals surface area contributed by atoms with Crippen molar-refractivity contribution < 1.29 is 4.74 Å². The van der Waals surface area contributed by atoms with Crippen molar-refractivity contribution in [2.75, 3.05) is 60.0 Å². The van der Waals surface area contributed by atoms with Crippen LogP contribution in [0, 0.1) is 5.92 Å². The van der Waals surface area contributed by atoms with Crippen LogP contribution in [-0.4, -0.2) is 75.4 Å². The normalized spacial score (nSPS) is 28.6. The smallest absolute Gasteiger partial charge is 0.0902 e. The number of nitrogens with zero attached hydrogens (tertiary/aromatic N) is 2. The van der Waals surface area contributed by atoms with Crippen LogP contribution in [0.1, 0.15) is 13.3 Å². The van der Waals surface area contributed by atoms with E-state index in [2.05, 4.69) is 36.1 Å². The minimum atomic E-state index is 0.106. The van der Waals surface area contributed by atoms with Gasteiger partial charge in [-0.05, 0) is 39.9 Å². The van der Waals surface area contributed by atoms with Crippen molar-refractivity contribution in [2.45, 2.75) is 18.9 Å². The molecule has 0 radical (unpaired) electrons. The highest BCUT2D eigenvalue weighted by molar-refractivity contribution is 4.90. The molecule has 1 unspecified atom stereocenters. The van der Waals surface area contributed by atoms with E-state index >= 15 is 0 Å². The minimum absolute atomic E-state index is 0.106. The number of rotatable bonds is 6. The summed E-state index contributed by atoms with van der Waals surface area (Å²) in [4.78, 5) is 4.84. The van der Waals surface area contributed by atoms with Gasteiger partial charge in [0.15, 0.2) is 0 Å². The Balaban J connectivity index is 1.56. The summed E-state index contributed by atoms with van der Waals surface area (Å²) in [7, 11) is 4.43. The molecular formula is C13H27N3O. The summed E-state index contributed by atoms with van der Waals surface area (Å²) in [5.74, 6) is 0.853. The quantitative estimate of drug-likeness (QED) is 0.721. The fraction of sp³-hybridized carbons (Fsp3) is 1.00. The van der Waals surface area contributed by atoms with E-state index in [1.54, 1.807) is 0 Å². The maximum absolute atomic E-state index is 5.91. The number of likely N-dealkylation sites (N-methyl/N-ethyl adjacent to an activating group) is 1. The van der Waals surface area contributed by atoms with E-state index in [4.69, 9.17) is 4.74 Å². The number of hydrogen-bond donors (Lipinski definition) is 1. The molecule has 0 bridgehead atoms. The van der Waals surface area contributed by atoms with Crippen molar-refractivity contribution in [1.29, 1.82) is 0 Å². The largest absolute Gasteiger partial charge is 0.371 e. The van der Waals surface area contributed by atoms with Crippen molar-refractivity contribution in [1.82, 2.24) is 15.1 Å². The van der Waals surface area contributed by atoms with Crippen LogP contribution in [0.4, 0.5) is 0 Å². The Morgan fingerprint density at radius 2 is 2.24 bits per heavy atom. The van der Waals surface area contributed by atoms with Gasteiger partial charge >= 0.3 is 0 Å². The standard InChI is InChI=1S/C13H27N3O/c1-13(10-14-11-13)17-7-6-16(3)9-12-4-5-15(2)8-12/h12,14H,4-11H2,1-3H3. The van der Waals surface area contributed by atoms with Crippen molar-refractivity contribution in [3.8, 4) is 0 Å². The second-order valence-corrected chi connectivity index (χ2v) is 6.08.